The molecule has 2 unspecified atom stereocenters. The lowest BCUT2D eigenvalue weighted by atomic mass is 9.92. The van der Waals surface area contributed by atoms with Gasteiger partial charge in [0.2, 0.25) is 0 Å². The highest BCUT2D eigenvalue weighted by molar-refractivity contribution is 9.10. The Balaban J connectivity index is 2.24. The number of aryl methyl sites for hydroxylation is 1. The number of nitrogens with two attached hydrogens (primary N) is 1. The van der Waals surface area contributed by atoms with Crippen LogP contribution in [0, 0.1) is 12.8 Å². The molecule has 1 fully saturated rings. The van der Waals surface area contributed by atoms with Crippen molar-refractivity contribution in [1.29, 1.82) is 0 Å². The summed E-state index contributed by atoms with van der Waals surface area (Å²) in [6, 6.07) is 6.33. The van der Waals surface area contributed by atoms with Crippen LogP contribution < -0.4 is 5.73 Å². The van der Waals surface area contributed by atoms with Gasteiger partial charge >= 0.3 is 0 Å². The molecule has 2 atom stereocenters. The standard InChI is InChI=1S/C12H16BrNO/c1-8-3-2-4-10(11(8)13)12(14)9-5-6-15-7-9/h2-4,9,12H,5-7,14H2,1H3. The van der Waals surface area contributed by atoms with E-state index in [2.05, 4.69) is 41.1 Å². The first-order chi connectivity index (χ1) is 7.20. The van der Waals surface area contributed by atoms with Gasteiger partial charge in [0.15, 0.2) is 0 Å². The van der Waals surface area contributed by atoms with Gasteiger partial charge in [-0.3, -0.25) is 0 Å². The molecule has 82 valence electrons. The molecule has 1 saturated heterocycles. The second-order valence-corrected chi connectivity index (χ2v) is 4.92. The van der Waals surface area contributed by atoms with Crippen molar-refractivity contribution in [1.82, 2.24) is 0 Å². The number of halogens is 1. The van der Waals surface area contributed by atoms with Gasteiger partial charge in [-0.1, -0.05) is 34.1 Å². The molecule has 2 N–H and O–H groups in total. The Kier molecular flexibility index (Phi) is 3.44. The van der Waals surface area contributed by atoms with Crippen molar-refractivity contribution in [3.63, 3.8) is 0 Å². The zero-order valence-electron chi connectivity index (χ0n) is 8.87. The summed E-state index contributed by atoms with van der Waals surface area (Å²) in [6.45, 7) is 3.73. The molecule has 0 amide bonds. The van der Waals surface area contributed by atoms with Crippen LogP contribution in [0.15, 0.2) is 22.7 Å². The van der Waals surface area contributed by atoms with Crippen LogP contribution in [0.5, 0.6) is 0 Å². The third kappa shape index (κ3) is 2.25. The van der Waals surface area contributed by atoms with Crippen molar-refractivity contribution in [3.05, 3.63) is 33.8 Å². The predicted octanol–water partition coefficient (Wildman–Crippen LogP) is 2.79. The summed E-state index contributed by atoms with van der Waals surface area (Å²) in [5.41, 5.74) is 8.70. The van der Waals surface area contributed by atoms with Crippen molar-refractivity contribution >= 4 is 15.9 Å². The molecule has 0 bridgehead atoms. The maximum Gasteiger partial charge on any atom is 0.0513 e. The van der Waals surface area contributed by atoms with Gasteiger partial charge in [-0.2, -0.15) is 0 Å². The van der Waals surface area contributed by atoms with Gasteiger partial charge < -0.3 is 10.5 Å². The summed E-state index contributed by atoms with van der Waals surface area (Å²) < 4.78 is 6.52. The molecule has 0 spiro atoms. The molecule has 0 aromatic heterocycles. The molecule has 15 heavy (non-hydrogen) atoms. The fourth-order valence-electron chi connectivity index (χ4n) is 2.02. The quantitative estimate of drug-likeness (QED) is 0.896. The smallest absolute Gasteiger partial charge is 0.0513 e. The molecule has 3 heteroatoms. The largest absolute Gasteiger partial charge is 0.381 e. The molecule has 1 aliphatic rings. The Morgan fingerprint density at radius 1 is 1.53 bits per heavy atom. The molecule has 0 aliphatic carbocycles. The highest BCUT2D eigenvalue weighted by atomic mass is 79.9. The molecule has 1 aliphatic heterocycles. The molecule has 1 heterocycles. The Bertz CT molecular complexity index is 347. The minimum Gasteiger partial charge on any atom is -0.381 e. The molecular weight excluding hydrogens is 254 g/mol. The van der Waals surface area contributed by atoms with E-state index >= 15 is 0 Å². The van der Waals surface area contributed by atoms with Crippen LogP contribution in [0.4, 0.5) is 0 Å². The zero-order chi connectivity index (χ0) is 10.8. The Morgan fingerprint density at radius 3 is 3.00 bits per heavy atom. The van der Waals surface area contributed by atoms with Crippen molar-refractivity contribution in [2.24, 2.45) is 11.7 Å². The van der Waals surface area contributed by atoms with Crippen LogP contribution in [-0.4, -0.2) is 13.2 Å². The topological polar surface area (TPSA) is 35.2 Å². The maximum absolute atomic E-state index is 6.26. The lowest BCUT2D eigenvalue weighted by Gasteiger charge is -2.20. The fourth-order valence-corrected chi connectivity index (χ4v) is 2.55. The first-order valence-corrected chi connectivity index (χ1v) is 6.08. The molecule has 2 nitrogen and oxygen atoms in total. The molecule has 1 aromatic carbocycles. The van der Waals surface area contributed by atoms with Crippen molar-refractivity contribution in [2.45, 2.75) is 19.4 Å². The lowest BCUT2D eigenvalue weighted by Crippen LogP contribution is -2.22. The van der Waals surface area contributed by atoms with Crippen LogP contribution in [0.2, 0.25) is 0 Å². The third-order valence-electron chi connectivity index (χ3n) is 3.05. The predicted molar refractivity (Wildman–Crippen MR) is 64.7 cm³/mol. The van der Waals surface area contributed by atoms with Gasteiger partial charge in [0.25, 0.3) is 0 Å². The van der Waals surface area contributed by atoms with E-state index < -0.39 is 0 Å². The first-order valence-electron chi connectivity index (χ1n) is 5.28. The van der Waals surface area contributed by atoms with Crippen LogP contribution in [0.25, 0.3) is 0 Å². The van der Waals surface area contributed by atoms with Gasteiger partial charge in [-0.15, -0.1) is 0 Å². The monoisotopic (exact) mass is 269 g/mol. The second kappa shape index (κ2) is 4.64. The van der Waals surface area contributed by atoms with Crippen LogP contribution >= 0.6 is 15.9 Å². The van der Waals surface area contributed by atoms with Crippen molar-refractivity contribution < 1.29 is 4.74 Å². The van der Waals surface area contributed by atoms with E-state index in [1.54, 1.807) is 0 Å². The Morgan fingerprint density at radius 2 is 2.33 bits per heavy atom. The summed E-state index contributed by atoms with van der Waals surface area (Å²) >= 11 is 3.61. The first kappa shape index (κ1) is 11.1. The Hall–Kier alpha value is -0.380. The van der Waals surface area contributed by atoms with Gasteiger partial charge in [-0.25, -0.2) is 0 Å². The molecular formula is C12H16BrNO. The van der Waals surface area contributed by atoms with Gasteiger partial charge in [0.05, 0.1) is 6.61 Å². The van der Waals surface area contributed by atoms with E-state index in [-0.39, 0.29) is 6.04 Å². The van der Waals surface area contributed by atoms with E-state index in [0.717, 1.165) is 24.1 Å². The minimum absolute atomic E-state index is 0.0850. The number of hydrogen-bond donors (Lipinski definition) is 1. The number of ether oxygens (including phenoxy) is 1. The highest BCUT2D eigenvalue weighted by Crippen LogP contribution is 2.32. The summed E-state index contributed by atoms with van der Waals surface area (Å²) in [5.74, 6) is 0.461. The second-order valence-electron chi connectivity index (χ2n) is 4.13. The van der Waals surface area contributed by atoms with Crippen LogP contribution in [0.3, 0.4) is 0 Å². The molecule has 0 saturated carbocycles. The van der Waals surface area contributed by atoms with Crippen LogP contribution in [0.1, 0.15) is 23.6 Å². The molecule has 2 rings (SSSR count). The van der Waals surface area contributed by atoms with E-state index in [9.17, 15) is 0 Å². The average molecular weight is 270 g/mol. The average Bonchev–Trinajstić information content (AvgIpc) is 2.74. The van der Waals surface area contributed by atoms with Gasteiger partial charge in [0, 0.05) is 23.0 Å². The van der Waals surface area contributed by atoms with E-state index in [4.69, 9.17) is 10.5 Å². The van der Waals surface area contributed by atoms with Crippen LogP contribution in [-0.2, 0) is 4.74 Å². The third-order valence-corrected chi connectivity index (χ3v) is 4.14. The fraction of sp³-hybridized carbons (Fsp3) is 0.500. The molecule has 1 aromatic rings. The highest BCUT2D eigenvalue weighted by Gasteiger charge is 2.25. The summed E-state index contributed by atoms with van der Waals surface area (Å²) in [5, 5.41) is 0. The molecule has 0 radical (unpaired) electrons. The van der Waals surface area contributed by atoms with E-state index in [1.165, 1.54) is 11.1 Å². The van der Waals surface area contributed by atoms with E-state index in [0.29, 0.717) is 5.92 Å². The number of benzene rings is 1. The van der Waals surface area contributed by atoms with Gasteiger partial charge in [0.1, 0.15) is 0 Å². The normalized spacial score (nSPS) is 23.0. The Labute approximate surface area is 98.9 Å². The summed E-state index contributed by atoms with van der Waals surface area (Å²) in [7, 11) is 0. The SMILES string of the molecule is Cc1cccc(C(N)C2CCOC2)c1Br. The van der Waals surface area contributed by atoms with Gasteiger partial charge in [-0.05, 0) is 24.5 Å². The zero-order valence-corrected chi connectivity index (χ0v) is 10.5. The van der Waals surface area contributed by atoms with Crippen molar-refractivity contribution in [2.75, 3.05) is 13.2 Å². The number of hydrogen-bond acceptors (Lipinski definition) is 2. The number of rotatable bonds is 2. The van der Waals surface area contributed by atoms with Crippen molar-refractivity contribution in [3.8, 4) is 0 Å². The minimum atomic E-state index is 0.0850. The summed E-state index contributed by atoms with van der Waals surface area (Å²) in [4.78, 5) is 0. The summed E-state index contributed by atoms with van der Waals surface area (Å²) in [6.07, 6.45) is 1.07. The lowest BCUT2D eigenvalue weighted by molar-refractivity contribution is 0.181. The van der Waals surface area contributed by atoms with E-state index in [1.807, 2.05) is 0 Å². The maximum atomic E-state index is 6.26.